The summed E-state index contributed by atoms with van der Waals surface area (Å²) in [7, 11) is 1.77. The van der Waals surface area contributed by atoms with Gasteiger partial charge >= 0.3 is 0 Å². The quantitative estimate of drug-likeness (QED) is 0.874. The summed E-state index contributed by atoms with van der Waals surface area (Å²) in [6, 6.07) is 6.43. The first-order chi connectivity index (χ1) is 8.58. The number of aryl methyl sites for hydroxylation is 2. The number of hydrogen-bond donors (Lipinski definition) is 2. The molecule has 0 spiro atoms. The van der Waals surface area contributed by atoms with E-state index in [2.05, 4.69) is 20.6 Å². The number of benzene rings is 1. The Labute approximate surface area is 105 Å². The fraction of sp³-hybridized carbons (Fsp3) is 0.231. The van der Waals surface area contributed by atoms with E-state index >= 15 is 0 Å². The Hall–Kier alpha value is -2.17. The predicted molar refractivity (Wildman–Crippen MR) is 70.7 cm³/mol. The smallest absolute Gasteiger partial charge is 0.224 e. The fourth-order valence-electron chi connectivity index (χ4n) is 1.65. The monoisotopic (exact) mass is 246 g/mol. The molecule has 2 aromatic rings. The third-order valence-corrected chi connectivity index (χ3v) is 2.53. The number of hydrogen-bond acceptors (Lipinski definition) is 4. The summed E-state index contributed by atoms with van der Waals surface area (Å²) < 4.78 is 13.0. The van der Waals surface area contributed by atoms with Crippen LogP contribution in [0, 0.1) is 19.7 Å². The molecule has 0 fully saturated rings. The molecular weight excluding hydrogens is 231 g/mol. The molecule has 4 nitrogen and oxygen atoms in total. The molecule has 1 heterocycles. The van der Waals surface area contributed by atoms with Crippen molar-refractivity contribution in [3.05, 3.63) is 41.3 Å². The van der Waals surface area contributed by atoms with Crippen molar-refractivity contribution in [2.45, 2.75) is 13.8 Å². The van der Waals surface area contributed by atoms with Crippen molar-refractivity contribution in [2.75, 3.05) is 17.7 Å². The fourth-order valence-corrected chi connectivity index (χ4v) is 1.65. The van der Waals surface area contributed by atoms with Gasteiger partial charge in [-0.15, -0.1) is 0 Å². The summed E-state index contributed by atoms with van der Waals surface area (Å²) in [5.41, 5.74) is 2.52. The summed E-state index contributed by atoms with van der Waals surface area (Å²) in [6.45, 7) is 3.74. The van der Waals surface area contributed by atoms with Gasteiger partial charge in [-0.1, -0.05) is 0 Å². The normalized spacial score (nSPS) is 10.2. The molecule has 0 aliphatic carbocycles. The maximum absolute atomic E-state index is 13.0. The lowest BCUT2D eigenvalue weighted by Gasteiger charge is -2.10. The highest BCUT2D eigenvalue weighted by molar-refractivity contribution is 5.61. The van der Waals surface area contributed by atoms with Gasteiger partial charge in [0.1, 0.15) is 11.6 Å². The number of nitrogens with one attached hydrogen (secondary N) is 2. The van der Waals surface area contributed by atoms with E-state index in [4.69, 9.17) is 0 Å². The van der Waals surface area contributed by atoms with Crippen molar-refractivity contribution in [3.63, 3.8) is 0 Å². The third-order valence-electron chi connectivity index (χ3n) is 2.53. The third kappa shape index (κ3) is 2.74. The molecule has 2 N–H and O–H groups in total. The molecule has 1 aromatic carbocycles. The maximum Gasteiger partial charge on any atom is 0.224 e. The second-order valence-corrected chi connectivity index (χ2v) is 4.05. The van der Waals surface area contributed by atoms with Crippen LogP contribution in [0.5, 0.6) is 0 Å². The van der Waals surface area contributed by atoms with E-state index < -0.39 is 0 Å². The first-order valence-electron chi connectivity index (χ1n) is 5.65. The zero-order chi connectivity index (χ0) is 13.1. The molecule has 18 heavy (non-hydrogen) atoms. The van der Waals surface area contributed by atoms with Crippen LogP contribution in [0.4, 0.5) is 21.8 Å². The lowest BCUT2D eigenvalue weighted by molar-refractivity contribution is 0.627. The van der Waals surface area contributed by atoms with Gasteiger partial charge in [0.2, 0.25) is 5.95 Å². The average molecular weight is 246 g/mol. The van der Waals surface area contributed by atoms with Crippen LogP contribution in [0.1, 0.15) is 11.3 Å². The van der Waals surface area contributed by atoms with Crippen LogP contribution in [0.15, 0.2) is 24.3 Å². The van der Waals surface area contributed by atoms with Gasteiger partial charge in [-0.05, 0) is 37.6 Å². The van der Waals surface area contributed by atoms with Gasteiger partial charge in [-0.3, -0.25) is 0 Å². The van der Waals surface area contributed by atoms with Crippen molar-refractivity contribution in [3.8, 4) is 0 Å². The van der Waals surface area contributed by atoms with E-state index in [1.807, 2.05) is 19.9 Å². The number of nitrogens with zero attached hydrogens (tertiary/aromatic N) is 2. The molecule has 1 aromatic heterocycles. The van der Waals surface area contributed by atoms with Crippen LogP contribution in [-0.2, 0) is 0 Å². The maximum atomic E-state index is 13.0. The lowest BCUT2D eigenvalue weighted by Crippen LogP contribution is -2.02. The minimum absolute atomic E-state index is 0.243. The van der Waals surface area contributed by atoms with Gasteiger partial charge in [0.15, 0.2) is 0 Å². The zero-order valence-electron chi connectivity index (χ0n) is 10.6. The second-order valence-electron chi connectivity index (χ2n) is 4.05. The summed E-state index contributed by atoms with van der Waals surface area (Å²) in [4.78, 5) is 8.49. The van der Waals surface area contributed by atoms with Crippen molar-refractivity contribution < 1.29 is 4.39 Å². The van der Waals surface area contributed by atoms with E-state index in [0.29, 0.717) is 11.8 Å². The van der Waals surface area contributed by atoms with Gasteiger partial charge in [0.25, 0.3) is 0 Å². The highest BCUT2D eigenvalue weighted by atomic mass is 19.1. The minimum atomic E-state index is -0.243. The first-order valence-corrected chi connectivity index (χ1v) is 5.65. The van der Waals surface area contributed by atoms with Gasteiger partial charge in [-0.25, -0.2) is 9.37 Å². The van der Waals surface area contributed by atoms with Crippen LogP contribution < -0.4 is 10.6 Å². The average Bonchev–Trinajstić information content (AvgIpc) is 2.32. The van der Waals surface area contributed by atoms with Crippen LogP contribution in [0.3, 0.4) is 0 Å². The topological polar surface area (TPSA) is 49.8 Å². The Balaban J connectivity index is 2.30. The summed E-state index contributed by atoms with van der Waals surface area (Å²) >= 11 is 0. The Morgan fingerprint density at radius 1 is 1.11 bits per heavy atom. The number of halogens is 1. The highest BCUT2D eigenvalue weighted by Gasteiger charge is 2.04. The van der Waals surface area contributed by atoms with E-state index in [1.165, 1.54) is 12.1 Å². The molecular formula is C13H15FN4. The van der Waals surface area contributed by atoms with Crippen LogP contribution >= 0.6 is 0 Å². The Morgan fingerprint density at radius 3 is 2.56 bits per heavy atom. The molecule has 0 aliphatic rings. The van der Waals surface area contributed by atoms with Gasteiger partial charge in [0, 0.05) is 24.5 Å². The number of anilines is 3. The van der Waals surface area contributed by atoms with Crippen molar-refractivity contribution in [2.24, 2.45) is 0 Å². The molecule has 0 radical (unpaired) electrons. The van der Waals surface area contributed by atoms with Gasteiger partial charge < -0.3 is 10.6 Å². The molecule has 0 aliphatic heterocycles. The first kappa shape index (κ1) is 12.3. The van der Waals surface area contributed by atoms with Crippen molar-refractivity contribution >= 4 is 17.5 Å². The van der Waals surface area contributed by atoms with Gasteiger partial charge in [-0.2, -0.15) is 4.98 Å². The molecule has 0 amide bonds. The van der Waals surface area contributed by atoms with E-state index in [-0.39, 0.29) is 5.82 Å². The van der Waals surface area contributed by atoms with Crippen LogP contribution in [0.2, 0.25) is 0 Å². The molecule has 2 rings (SSSR count). The van der Waals surface area contributed by atoms with E-state index in [0.717, 1.165) is 16.9 Å². The predicted octanol–water partition coefficient (Wildman–Crippen LogP) is 3.02. The second kappa shape index (κ2) is 5.00. The standard InChI is InChI=1S/C13H15FN4/c1-8-6-10(14)4-5-11(8)17-12-7-9(2)16-13(15-3)18-12/h4-7H,1-3H3,(H2,15,16,17,18). The number of aromatic nitrogens is 2. The zero-order valence-corrected chi connectivity index (χ0v) is 10.6. The molecule has 0 unspecified atom stereocenters. The van der Waals surface area contributed by atoms with Crippen molar-refractivity contribution in [1.82, 2.24) is 9.97 Å². The van der Waals surface area contributed by atoms with Crippen LogP contribution in [-0.4, -0.2) is 17.0 Å². The Bertz CT molecular complexity index is 569. The molecule has 5 heteroatoms. The van der Waals surface area contributed by atoms with E-state index in [9.17, 15) is 4.39 Å². The number of rotatable bonds is 3. The Kier molecular flexibility index (Phi) is 3.41. The molecule has 0 atom stereocenters. The molecule has 94 valence electrons. The summed E-state index contributed by atoms with van der Waals surface area (Å²) in [5, 5.41) is 6.05. The summed E-state index contributed by atoms with van der Waals surface area (Å²) in [6.07, 6.45) is 0. The van der Waals surface area contributed by atoms with Gasteiger partial charge in [0.05, 0.1) is 0 Å². The lowest BCUT2D eigenvalue weighted by atomic mass is 10.2. The molecule has 0 bridgehead atoms. The SMILES string of the molecule is CNc1nc(C)cc(Nc2ccc(F)cc2C)n1. The highest BCUT2D eigenvalue weighted by Crippen LogP contribution is 2.21. The summed E-state index contributed by atoms with van der Waals surface area (Å²) in [5.74, 6) is 0.992. The molecule has 0 saturated heterocycles. The molecule has 0 saturated carbocycles. The minimum Gasteiger partial charge on any atom is -0.357 e. The largest absolute Gasteiger partial charge is 0.357 e. The van der Waals surface area contributed by atoms with E-state index in [1.54, 1.807) is 13.1 Å². The van der Waals surface area contributed by atoms with Crippen LogP contribution in [0.25, 0.3) is 0 Å². The Morgan fingerprint density at radius 2 is 1.89 bits per heavy atom. The van der Waals surface area contributed by atoms with Crippen molar-refractivity contribution in [1.29, 1.82) is 0 Å².